The molecule has 0 aliphatic heterocycles. The van der Waals surface area contributed by atoms with E-state index in [0.717, 1.165) is 16.9 Å². The summed E-state index contributed by atoms with van der Waals surface area (Å²) in [4.78, 5) is 42.8. The zero-order valence-electron chi connectivity index (χ0n) is 23.0. The lowest BCUT2D eigenvalue weighted by Crippen LogP contribution is -2.33. The maximum Gasteiger partial charge on any atom is 0.266 e. The first-order valence-corrected chi connectivity index (χ1v) is 13.0. The molecule has 0 spiro atoms. The summed E-state index contributed by atoms with van der Waals surface area (Å²) in [6.07, 6.45) is 5.81. The molecular weight excluding hydrogens is 522 g/mol. The Morgan fingerprint density at radius 3 is 2.20 bits per heavy atom. The quantitative estimate of drug-likeness (QED) is 0.242. The highest BCUT2D eigenvalue weighted by Gasteiger charge is 2.21. The fourth-order valence-electron chi connectivity index (χ4n) is 4.00. The zero-order valence-corrected chi connectivity index (χ0v) is 23.0. The third-order valence-electron chi connectivity index (χ3n) is 6.15. The van der Waals surface area contributed by atoms with Crippen LogP contribution in [0.1, 0.15) is 30.0 Å². The molecule has 4 aromatic heterocycles. The molecule has 3 N–H and O–H groups in total. The van der Waals surface area contributed by atoms with E-state index in [1.807, 2.05) is 70.2 Å². The van der Waals surface area contributed by atoms with Crippen LogP contribution in [0.2, 0.25) is 0 Å². The van der Waals surface area contributed by atoms with Gasteiger partial charge in [0.15, 0.2) is 23.2 Å². The fourth-order valence-corrected chi connectivity index (χ4v) is 4.00. The molecule has 0 saturated carbocycles. The fraction of sp³-hybridized carbons (Fsp3) is 0.207. The van der Waals surface area contributed by atoms with Gasteiger partial charge in [-0.15, -0.1) is 0 Å². The Labute approximate surface area is 235 Å². The molecule has 0 saturated heterocycles. The standard InChI is InChI=1S/C17H19N5O2.C12H10N4O/c1-4-12(24-13-6-5-10(2)7-11(13)3)17(23)22-16-14-15(19-8-18-14)20-9-21-16;1-8-2-4-9(5-3-8)17-12-10-11(14-6-13-10)15-7-16-12/h5-9,12H,4H2,1-3H3,(H2,18,19,20,21,22,23);2-7H,1H3,(H,13,14,15,16). The number of hydrogen-bond acceptors (Lipinski definition) is 9. The van der Waals surface area contributed by atoms with E-state index in [0.29, 0.717) is 46.2 Å². The number of amides is 1. The Hall–Kier alpha value is -5.39. The van der Waals surface area contributed by atoms with Gasteiger partial charge < -0.3 is 24.8 Å². The van der Waals surface area contributed by atoms with Gasteiger partial charge in [-0.05, 0) is 51.0 Å². The Bertz CT molecular complexity index is 1780. The number of aryl methyl sites for hydroxylation is 3. The lowest BCUT2D eigenvalue weighted by molar-refractivity contribution is -0.122. The number of H-pyrrole nitrogens is 2. The number of imidazole rings is 2. The summed E-state index contributed by atoms with van der Waals surface area (Å²) in [7, 11) is 0. The molecule has 1 unspecified atom stereocenters. The summed E-state index contributed by atoms with van der Waals surface area (Å²) in [5, 5.41) is 2.79. The van der Waals surface area contributed by atoms with Crippen molar-refractivity contribution in [3.05, 3.63) is 84.5 Å². The number of aromatic amines is 2. The number of carbonyl (C=O) groups excluding carboxylic acids is 1. The summed E-state index contributed by atoms with van der Waals surface area (Å²) >= 11 is 0. The lowest BCUT2D eigenvalue weighted by atomic mass is 10.1. The number of nitrogens with zero attached hydrogens (tertiary/aromatic N) is 6. The van der Waals surface area contributed by atoms with Gasteiger partial charge in [0.25, 0.3) is 5.91 Å². The Kier molecular flexibility index (Phi) is 8.09. The van der Waals surface area contributed by atoms with Crippen molar-refractivity contribution in [2.24, 2.45) is 0 Å². The van der Waals surface area contributed by atoms with Gasteiger partial charge in [0.05, 0.1) is 12.7 Å². The second-order valence-corrected chi connectivity index (χ2v) is 9.29. The molecule has 0 fully saturated rings. The third-order valence-corrected chi connectivity index (χ3v) is 6.15. The van der Waals surface area contributed by atoms with Crippen LogP contribution in [0, 0.1) is 20.8 Å². The molecule has 1 amide bonds. The second kappa shape index (κ2) is 12.2. The first-order chi connectivity index (χ1) is 19.9. The van der Waals surface area contributed by atoms with Gasteiger partial charge in [0, 0.05) is 0 Å². The average Bonchev–Trinajstić information content (AvgIpc) is 3.65. The normalized spacial score (nSPS) is 11.5. The predicted octanol–water partition coefficient (Wildman–Crippen LogP) is 5.22. The molecule has 41 heavy (non-hydrogen) atoms. The molecule has 6 rings (SSSR count). The van der Waals surface area contributed by atoms with Crippen LogP contribution in [0.5, 0.6) is 17.4 Å². The summed E-state index contributed by atoms with van der Waals surface area (Å²) in [5.41, 5.74) is 5.73. The number of rotatable bonds is 7. The third kappa shape index (κ3) is 6.44. The minimum atomic E-state index is -0.612. The largest absolute Gasteiger partial charge is 0.480 e. The Morgan fingerprint density at radius 2 is 1.49 bits per heavy atom. The van der Waals surface area contributed by atoms with Gasteiger partial charge in [-0.3, -0.25) is 4.79 Å². The first-order valence-electron chi connectivity index (χ1n) is 13.0. The van der Waals surface area contributed by atoms with E-state index in [2.05, 4.69) is 45.2 Å². The number of ether oxygens (including phenoxy) is 2. The summed E-state index contributed by atoms with van der Waals surface area (Å²) in [6.45, 7) is 7.91. The van der Waals surface area contributed by atoms with Gasteiger partial charge in [0.1, 0.15) is 35.2 Å². The highest BCUT2D eigenvalue weighted by molar-refractivity contribution is 5.99. The number of aromatic nitrogens is 8. The molecule has 0 radical (unpaired) electrons. The molecule has 208 valence electrons. The van der Waals surface area contributed by atoms with Crippen LogP contribution in [0.3, 0.4) is 0 Å². The molecule has 4 heterocycles. The maximum atomic E-state index is 12.6. The van der Waals surface area contributed by atoms with Crippen molar-refractivity contribution in [3.8, 4) is 17.4 Å². The molecular formula is C29H29N9O3. The van der Waals surface area contributed by atoms with Crippen molar-refractivity contribution in [2.75, 3.05) is 5.32 Å². The van der Waals surface area contributed by atoms with Crippen molar-refractivity contribution in [1.82, 2.24) is 39.9 Å². The number of fused-ring (bicyclic) bond motifs is 2. The topological polar surface area (TPSA) is 156 Å². The van der Waals surface area contributed by atoms with Gasteiger partial charge >= 0.3 is 0 Å². The van der Waals surface area contributed by atoms with E-state index in [1.165, 1.54) is 24.5 Å². The van der Waals surface area contributed by atoms with E-state index < -0.39 is 6.10 Å². The van der Waals surface area contributed by atoms with Gasteiger partial charge in [-0.1, -0.05) is 42.3 Å². The van der Waals surface area contributed by atoms with Crippen LogP contribution in [0.4, 0.5) is 5.82 Å². The van der Waals surface area contributed by atoms with Crippen LogP contribution < -0.4 is 14.8 Å². The van der Waals surface area contributed by atoms with Crippen LogP contribution in [-0.2, 0) is 4.79 Å². The number of anilines is 1. The highest BCUT2D eigenvalue weighted by Crippen LogP contribution is 2.25. The van der Waals surface area contributed by atoms with Crippen molar-refractivity contribution in [2.45, 2.75) is 40.2 Å². The van der Waals surface area contributed by atoms with Crippen LogP contribution in [0.15, 0.2) is 67.8 Å². The number of benzene rings is 2. The zero-order chi connectivity index (χ0) is 28.8. The van der Waals surface area contributed by atoms with Crippen LogP contribution >= 0.6 is 0 Å². The maximum absolute atomic E-state index is 12.6. The van der Waals surface area contributed by atoms with E-state index in [9.17, 15) is 4.79 Å². The minimum Gasteiger partial charge on any atom is -0.480 e. The molecule has 1 atom stereocenters. The van der Waals surface area contributed by atoms with Crippen LogP contribution in [-0.4, -0.2) is 51.9 Å². The molecule has 12 heteroatoms. The predicted molar refractivity (Wildman–Crippen MR) is 154 cm³/mol. The number of hydrogen-bond donors (Lipinski definition) is 3. The Balaban J connectivity index is 0.000000174. The number of nitrogens with one attached hydrogen (secondary N) is 3. The first kappa shape index (κ1) is 27.2. The average molecular weight is 552 g/mol. The molecule has 0 bridgehead atoms. The summed E-state index contributed by atoms with van der Waals surface area (Å²) in [5.74, 6) is 2.07. The van der Waals surface area contributed by atoms with Gasteiger partial charge in [0.2, 0.25) is 5.88 Å². The van der Waals surface area contributed by atoms with E-state index >= 15 is 0 Å². The SMILES string of the molecule is CCC(Oc1ccc(C)cc1C)C(=O)Nc1ncnc2nc[nH]c12.Cc1ccc(Oc2ncnc3nc[nH]c23)cc1. The van der Waals surface area contributed by atoms with Gasteiger partial charge in [-0.25, -0.2) is 24.9 Å². The molecule has 2 aromatic carbocycles. The van der Waals surface area contributed by atoms with Crippen molar-refractivity contribution < 1.29 is 14.3 Å². The smallest absolute Gasteiger partial charge is 0.266 e. The Morgan fingerprint density at radius 1 is 0.829 bits per heavy atom. The number of carbonyl (C=O) groups is 1. The van der Waals surface area contributed by atoms with Crippen molar-refractivity contribution in [1.29, 1.82) is 0 Å². The monoisotopic (exact) mass is 551 g/mol. The minimum absolute atomic E-state index is 0.257. The second-order valence-electron chi connectivity index (χ2n) is 9.29. The van der Waals surface area contributed by atoms with Crippen molar-refractivity contribution in [3.63, 3.8) is 0 Å². The van der Waals surface area contributed by atoms with E-state index in [-0.39, 0.29) is 5.91 Å². The van der Waals surface area contributed by atoms with Gasteiger partial charge in [-0.2, -0.15) is 4.98 Å². The highest BCUT2D eigenvalue weighted by atomic mass is 16.5. The van der Waals surface area contributed by atoms with Crippen LogP contribution in [0.25, 0.3) is 22.3 Å². The molecule has 0 aliphatic rings. The van der Waals surface area contributed by atoms with E-state index in [1.54, 1.807) is 6.33 Å². The lowest BCUT2D eigenvalue weighted by Gasteiger charge is -2.18. The molecule has 6 aromatic rings. The van der Waals surface area contributed by atoms with E-state index in [4.69, 9.17) is 9.47 Å². The molecule has 12 nitrogen and oxygen atoms in total. The molecule has 0 aliphatic carbocycles. The van der Waals surface area contributed by atoms with Crippen molar-refractivity contribution >= 4 is 34.1 Å². The summed E-state index contributed by atoms with van der Waals surface area (Å²) < 4.78 is 11.6. The summed E-state index contributed by atoms with van der Waals surface area (Å²) in [6, 6.07) is 13.7.